The summed E-state index contributed by atoms with van der Waals surface area (Å²) >= 11 is 0. The number of nitrogens with two attached hydrogens (primary N) is 2. The Balaban J connectivity index is 0. The minimum absolute atomic E-state index is 0. The number of hydrogen-bond acceptors (Lipinski definition) is 2. The van der Waals surface area contributed by atoms with Gasteiger partial charge in [-0.15, -0.1) is 0 Å². The first-order valence-corrected chi connectivity index (χ1v) is 2.60. The monoisotopic (exact) mass is 124 g/mol. The van der Waals surface area contributed by atoms with E-state index in [4.69, 9.17) is 11.5 Å². The van der Waals surface area contributed by atoms with Gasteiger partial charge in [-0.3, -0.25) is 0 Å². The van der Waals surface area contributed by atoms with Gasteiger partial charge < -0.3 is 17.9 Å². The molecule has 0 amide bonds. The van der Waals surface area contributed by atoms with E-state index >= 15 is 0 Å². The molecule has 0 aromatic rings. The zero-order valence-electron chi connectivity index (χ0n) is 5.72. The van der Waals surface area contributed by atoms with E-state index < -0.39 is 0 Å². The van der Waals surface area contributed by atoms with E-state index in [0.29, 0.717) is 0 Å². The molecule has 0 fully saturated rings. The quantitative estimate of drug-likeness (QED) is 0.243. The van der Waals surface area contributed by atoms with Crippen molar-refractivity contribution in [2.24, 2.45) is 11.5 Å². The van der Waals surface area contributed by atoms with E-state index in [1.165, 1.54) is 0 Å². The average molecular weight is 124 g/mol. The summed E-state index contributed by atoms with van der Waals surface area (Å²) in [4.78, 5) is 0. The normalized spacial score (nSPS) is 9.00. The van der Waals surface area contributed by atoms with Crippen LogP contribution in [0.2, 0.25) is 0 Å². The first-order valence-electron chi connectivity index (χ1n) is 2.60. The van der Waals surface area contributed by atoms with Gasteiger partial charge in [-0.05, 0) is 0 Å². The SMILES string of the molecule is CC[CH-]CC(N)N.[Na+]. The van der Waals surface area contributed by atoms with Gasteiger partial charge in [0.2, 0.25) is 0 Å². The third-order valence-electron chi connectivity index (χ3n) is 0.728. The summed E-state index contributed by atoms with van der Waals surface area (Å²) in [6, 6.07) is 0. The molecule has 44 valence electrons. The van der Waals surface area contributed by atoms with Crippen LogP contribution in [0.25, 0.3) is 0 Å². The van der Waals surface area contributed by atoms with Crippen molar-refractivity contribution in [3.63, 3.8) is 0 Å². The molecular formula is C5H13N2Na. The summed E-state index contributed by atoms with van der Waals surface area (Å²) in [6.07, 6.45) is 3.81. The van der Waals surface area contributed by atoms with Crippen molar-refractivity contribution in [1.29, 1.82) is 0 Å². The summed E-state index contributed by atoms with van der Waals surface area (Å²) in [7, 11) is 0. The van der Waals surface area contributed by atoms with E-state index in [2.05, 4.69) is 13.3 Å². The van der Waals surface area contributed by atoms with Crippen LogP contribution in [0, 0.1) is 6.42 Å². The number of rotatable bonds is 3. The molecule has 0 aliphatic carbocycles. The van der Waals surface area contributed by atoms with Crippen LogP contribution < -0.4 is 41.0 Å². The maximum Gasteiger partial charge on any atom is 1.00 e. The molecule has 0 aliphatic heterocycles. The molecule has 2 nitrogen and oxygen atoms in total. The van der Waals surface area contributed by atoms with Crippen LogP contribution in [-0.2, 0) is 0 Å². The van der Waals surface area contributed by atoms with Gasteiger partial charge in [0.25, 0.3) is 0 Å². The van der Waals surface area contributed by atoms with Gasteiger partial charge in [0.05, 0.1) is 0 Å². The first-order chi connectivity index (χ1) is 3.27. The Kier molecular flexibility index (Phi) is 11.6. The molecule has 0 unspecified atom stereocenters. The van der Waals surface area contributed by atoms with Crippen LogP contribution in [0.1, 0.15) is 19.8 Å². The van der Waals surface area contributed by atoms with Crippen molar-refractivity contribution in [3.8, 4) is 0 Å². The number of hydrogen-bond donors (Lipinski definition) is 2. The first kappa shape index (κ1) is 11.7. The predicted octanol–water partition coefficient (Wildman–Crippen LogP) is -2.76. The molecule has 0 heterocycles. The smallest absolute Gasteiger partial charge is 0.326 e. The Morgan fingerprint density at radius 3 is 2.12 bits per heavy atom. The summed E-state index contributed by atoms with van der Waals surface area (Å²) in [5, 5.41) is 0. The van der Waals surface area contributed by atoms with Crippen LogP contribution in [0.3, 0.4) is 0 Å². The van der Waals surface area contributed by atoms with Crippen molar-refractivity contribution in [1.82, 2.24) is 0 Å². The van der Waals surface area contributed by atoms with Crippen molar-refractivity contribution < 1.29 is 29.6 Å². The third-order valence-corrected chi connectivity index (χ3v) is 0.728. The molecule has 4 N–H and O–H groups in total. The van der Waals surface area contributed by atoms with Gasteiger partial charge in [0, 0.05) is 6.17 Å². The molecule has 0 aromatic carbocycles. The van der Waals surface area contributed by atoms with E-state index in [0.717, 1.165) is 12.8 Å². The molecule has 0 atom stereocenters. The fourth-order valence-electron chi connectivity index (χ4n) is 0.359. The Morgan fingerprint density at radius 2 is 2.00 bits per heavy atom. The van der Waals surface area contributed by atoms with Gasteiger partial charge in [-0.2, -0.15) is 12.8 Å². The molecule has 0 aromatic heterocycles. The molecule has 0 radical (unpaired) electrons. The fraction of sp³-hybridized carbons (Fsp3) is 0.800. The Bertz CT molecular complexity index is 39.4. The number of unbranched alkanes of at least 4 members (excludes halogenated alkanes) is 1. The van der Waals surface area contributed by atoms with Crippen LogP contribution >= 0.6 is 0 Å². The summed E-state index contributed by atoms with van der Waals surface area (Å²) in [5.41, 5.74) is 10.4. The van der Waals surface area contributed by atoms with Gasteiger partial charge in [-0.25, -0.2) is 0 Å². The predicted molar refractivity (Wildman–Crippen MR) is 31.4 cm³/mol. The van der Waals surface area contributed by atoms with Crippen molar-refractivity contribution in [2.75, 3.05) is 0 Å². The van der Waals surface area contributed by atoms with E-state index in [1.54, 1.807) is 0 Å². The summed E-state index contributed by atoms with van der Waals surface area (Å²) in [5.74, 6) is 0. The molecule has 0 aliphatic rings. The van der Waals surface area contributed by atoms with Gasteiger partial charge in [0.15, 0.2) is 0 Å². The molecule has 0 rings (SSSR count). The van der Waals surface area contributed by atoms with E-state index in [1.807, 2.05) is 0 Å². The Morgan fingerprint density at radius 1 is 1.50 bits per heavy atom. The second kappa shape index (κ2) is 7.92. The van der Waals surface area contributed by atoms with Crippen LogP contribution in [0.5, 0.6) is 0 Å². The molecule has 0 bridgehead atoms. The van der Waals surface area contributed by atoms with Gasteiger partial charge in [0.1, 0.15) is 0 Å². The molecule has 0 saturated carbocycles. The average Bonchev–Trinajstić information content (AvgIpc) is 1.61. The van der Waals surface area contributed by atoms with Crippen molar-refractivity contribution in [3.05, 3.63) is 6.42 Å². The zero-order valence-corrected chi connectivity index (χ0v) is 7.72. The minimum atomic E-state index is -0.153. The fourth-order valence-corrected chi connectivity index (χ4v) is 0.359. The maximum absolute atomic E-state index is 5.22. The topological polar surface area (TPSA) is 52.0 Å². The van der Waals surface area contributed by atoms with Crippen LogP contribution in [0.15, 0.2) is 0 Å². The largest absolute Gasteiger partial charge is 1.00 e. The van der Waals surface area contributed by atoms with Gasteiger partial charge >= 0.3 is 29.6 Å². The van der Waals surface area contributed by atoms with Crippen molar-refractivity contribution >= 4 is 0 Å². The summed E-state index contributed by atoms with van der Waals surface area (Å²) in [6.45, 7) is 2.07. The molecule has 3 heteroatoms. The minimum Gasteiger partial charge on any atom is -0.326 e. The molecular weight excluding hydrogens is 111 g/mol. The standard InChI is InChI=1S/C5H13N2.Na/c1-2-3-4-5(6)7;/h3,5H,2,4,6-7H2,1H3;/q-1;+1. The third kappa shape index (κ3) is 10.0. The Hall–Kier alpha value is 0.920. The Labute approximate surface area is 73.3 Å². The summed E-state index contributed by atoms with van der Waals surface area (Å²) < 4.78 is 0. The molecule has 0 spiro atoms. The van der Waals surface area contributed by atoms with Crippen LogP contribution in [-0.4, -0.2) is 6.17 Å². The van der Waals surface area contributed by atoms with E-state index in [-0.39, 0.29) is 35.7 Å². The zero-order chi connectivity index (χ0) is 5.70. The van der Waals surface area contributed by atoms with Crippen molar-refractivity contribution in [2.45, 2.75) is 25.9 Å². The second-order valence-electron chi connectivity index (χ2n) is 1.60. The van der Waals surface area contributed by atoms with Gasteiger partial charge in [-0.1, -0.05) is 6.92 Å². The van der Waals surface area contributed by atoms with E-state index in [9.17, 15) is 0 Å². The van der Waals surface area contributed by atoms with Crippen LogP contribution in [0.4, 0.5) is 0 Å². The second-order valence-corrected chi connectivity index (χ2v) is 1.60. The molecule has 0 saturated heterocycles. The molecule has 8 heavy (non-hydrogen) atoms. The maximum atomic E-state index is 5.22.